The van der Waals surface area contributed by atoms with E-state index in [9.17, 15) is 9.59 Å². The second-order valence-electron chi connectivity index (χ2n) is 9.55. The van der Waals surface area contributed by atoms with Crippen molar-refractivity contribution in [2.75, 3.05) is 6.54 Å². The van der Waals surface area contributed by atoms with Gasteiger partial charge >= 0.3 is 0 Å². The highest BCUT2D eigenvalue weighted by Crippen LogP contribution is 2.26. The van der Waals surface area contributed by atoms with E-state index in [0.717, 1.165) is 26.9 Å². The van der Waals surface area contributed by atoms with Gasteiger partial charge in [-0.15, -0.1) is 0 Å². The normalized spacial score (nSPS) is 12.5. The number of carbonyl (C=O) groups is 2. The molecule has 0 bridgehead atoms. The molecule has 0 saturated heterocycles. The Hall–Kier alpha value is -4.29. The Bertz CT molecular complexity index is 1600. The fraction of sp³-hybridized carbons (Fsp3) is 0.182. The van der Waals surface area contributed by atoms with Gasteiger partial charge in [0.15, 0.2) is 4.80 Å². The molecule has 0 fully saturated rings. The van der Waals surface area contributed by atoms with Crippen LogP contribution in [-0.2, 0) is 4.79 Å². The standard InChI is InChI=1S/C33H31N3O2S/c1-3-28(32(38)34-22-27(24-12-6-4-7-13-24)25-14-8-5-9-15-25)36-29-16-10-11-17-30(29)39-33(36)35-31(37)26-20-18-23(2)19-21-26/h4-21,27-28H,3,22H2,1-2H3,(H,34,38). The van der Waals surface area contributed by atoms with Crippen LogP contribution in [0.5, 0.6) is 0 Å². The zero-order valence-electron chi connectivity index (χ0n) is 22.1. The first kappa shape index (κ1) is 26.3. The molecule has 1 N–H and O–H groups in total. The van der Waals surface area contributed by atoms with Crippen LogP contribution in [0, 0.1) is 6.92 Å². The lowest BCUT2D eigenvalue weighted by atomic mass is 9.91. The average Bonchev–Trinajstić information content (AvgIpc) is 3.32. The third kappa shape index (κ3) is 5.91. The number of hydrogen-bond donors (Lipinski definition) is 1. The van der Waals surface area contributed by atoms with Crippen molar-refractivity contribution in [2.45, 2.75) is 32.2 Å². The molecule has 0 aliphatic rings. The number of nitrogens with one attached hydrogen (secondary N) is 1. The topological polar surface area (TPSA) is 63.5 Å². The van der Waals surface area contributed by atoms with Gasteiger partial charge in [0.1, 0.15) is 6.04 Å². The molecule has 0 aliphatic heterocycles. The summed E-state index contributed by atoms with van der Waals surface area (Å²) in [6.45, 7) is 4.43. The van der Waals surface area contributed by atoms with Gasteiger partial charge in [0.2, 0.25) is 5.91 Å². The Morgan fingerprint density at radius 2 is 1.41 bits per heavy atom. The van der Waals surface area contributed by atoms with Crippen LogP contribution in [0.1, 0.15) is 52.4 Å². The third-order valence-electron chi connectivity index (χ3n) is 6.91. The van der Waals surface area contributed by atoms with E-state index < -0.39 is 6.04 Å². The van der Waals surface area contributed by atoms with Gasteiger partial charge in [-0.3, -0.25) is 9.59 Å². The SMILES string of the molecule is CCC(C(=O)NCC(c1ccccc1)c1ccccc1)n1c(=NC(=O)c2ccc(C)cc2)sc2ccccc21. The van der Waals surface area contributed by atoms with Crippen molar-refractivity contribution >= 4 is 33.4 Å². The monoisotopic (exact) mass is 533 g/mol. The van der Waals surface area contributed by atoms with Gasteiger partial charge in [-0.25, -0.2) is 0 Å². The summed E-state index contributed by atoms with van der Waals surface area (Å²) >= 11 is 1.42. The molecule has 0 radical (unpaired) electrons. The molecule has 196 valence electrons. The van der Waals surface area contributed by atoms with Crippen LogP contribution >= 0.6 is 11.3 Å². The maximum absolute atomic E-state index is 13.8. The Morgan fingerprint density at radius 3 is 2.03 bits per heavy atom. The third-order valence-corrected chi connectivity index (χ3v) is 7.95. The second kappa shape index (κ2) is 12.0. The van der Waals surface area contributed by atoms with E-state index in [1.54, 1.807) is 12.1 Å². The van der Waals surface area contributed by atoms with E-state index in [-0.39, 0.29) is 17.7 Å². The number of aromatic nitrogens is 1. The molecule has 5 aromatic rings. The molecule has 0 spiro atoms. The molecular formula is C33H31N3O2S. The average molecular weight is 534 g/mol. The second-order valence-corrected chi connectivity index (χ2v) is 10.6. The first-order valence-corrected chi connectivity index (χ1v) is 14.0. The first-order chi connectivity index (χ1) is 19.0. The van der Waals surface area contributed by atoms with Crippen LogP contribution in [0.3, 0.4) is 0 Å². The summed E-state index contributed by atoms with van der Waals surface area (Å²) in [5.41, 5.74) is 4.78. The minimum Gasteiger partial charge on any atom is -0.353 e. The number of hydrogen-bond acceptors (Lipinski definition) is 3. The Kier molecular flexibility index (Phi) is 8.13. The van der Waals surface area contributed by atoms with Gasteiger partial charge in [-0.05, 0) is 48.7 Å². The lowest BCUT2D eigenvalue weighted by Crippen LogP contribution is -2.38. The molecule has 4 aromatic carbocycles. The van der Waals surface area contributed by atoms with Crippen LogP contribution in [0.25, 0.3) is 10.2 Å². The Balaban J connectivity index is 1.48. The molecule has 1 heterocycles. The van der Waals surface area contributed by atoms with Crippen molar-refractivity contribution in [3.8, 4) is 0 Å². The highest BCUT2D eigenvalue weighted by molar-refractivity contribution is 7.16. The van der Waals surface area contributed by atoms with E-state index in [0.29, 0.717) is 23.3 Å². The summed E-state index contributed by atoms with van der Waals surface area (Å²) in [6.07, 6.45) is 0.555. The Labute approximate surface area is 232 Å². The van der Waals surface area contributed by atoms with E-state index in [1.807, 2.05) is 91.2 Å². The van der Waals surface area contributed by atoms with Crippen molar-refractivity contribution in [1.29, 1.82) is 0 Å². The van der Waals surface area contributed by atoms with E-state index in [2.05, 4.69) is 34.6 Å². The summed E-state index contributed by atoms with van der Waals surface area (Å²) < 4.78 is 2.90. The minimum atomic E-state index is -0.516. The van der Waals surface area contributed by atoms with Gasteiger partial charge < -0.3 is 9.88 Å². The molecular weight excluding hydrogens is 502 g/mol. The Morgan fingerprint density at radius 1 is 0.821 bits per heavy atom. The van der Waals surface area contributed by atoms with Gasteiger partial charge in [0.05, 0.1) is 10.2 Å². The number of amides is 2. The predicted octanol–water partition coefficient (Wildman–Crippen LogP) is 6.65. The lowest BCUT2D eigenvalue weighted by Gasteiger charge is -2.22. The van der Waals surface area contributed by atoms with Gasteiger partial charge in [-0.1, -0.05) is 109 Å². The highest BCUT2D eigenvalue weighted by Gasteiger charge is 2.24. The molecule has 2 amide bonds. The maximum atomic E-state index is 13.8. The van der Waals surface area contributed by atoms with Gasteiger partial charge in [-0.2, -0.15) is 4.99 Å². The molecule has 5 rings (SSSR count). The van der Waals surface area contributed by atoms with Crippen molar-refractivity contribution in [1.82, 2.24) is 9.88 Å². The fourth-order valence-corrected chi connectivity index (χ4v) is 5.89. The number of fused-ring (bicyclic) bond motifs is 1. The van der Waals surface area contributed by atoms with E-state index in [4.69, 9.17) is 0 Å². The van der Waals surface area contributed by atoms with Crippen molar-refractivity contribution in [3.05, 3.63) is 136 Å². The molecule has 6 heteroatoms. The molecule has 1 unspecified atom stereocenters. The summed E-state index contributed by atoms with van der Waals surface area (Å²) in [5.74, 6) is -0.397. The van der Waals surface area contributed by atoms with E-state index in [1.165, 1.54) is 11.3 Å². The fourth-order valence-electron chi connectivity index (χ4n) is 4.82. The van der Waals surface area contributed by atoms with Crippen molar-refractivity contribution in [2.24, 2.45) is 4.99 Å². The number of carbonyl (C=O) groups excluding carboxylic acids is 2. The van der Waals surface area contributed by atoms with Crippen LogP contribution < -0.4 is 10.1 Å². The first-order valence-electron chi connectivity index (χ1n) is 13.2. The zero-order valence-corrected chi connectivity index (χ0v) is 22.9. The molecule has 0 aliphatic carbocycles. The molecule has 0 saturated carbocycles. The summed E-state index contributed by atoms with van der Waals surface area (Å²) in [4.78, 5) is 31.9. The summed E-state index contributed by atoms with van der Waals surface area (Å²) in [5, 5.41) is 3.22. The van der Waals surface area contributed by atoms with Gasteiger partial charge in [0, 0.05) is 18.0 Å². The number of thiazole rings is 1. The molecule has 5 nitrogen and oxygen atoms in total. The molecule has 39 heavy (non-hydrogen) atoms. The number of benzene rings is 4. The summed E-state index contributed by atoms with van der Waals surface area (Å²) in [7, 11) is 0. The quantitative estimate of drug-likeness (QED) is 0.243. The number of rotatable bonds is 8. The number of nitrogens with zero attached hydrogens (tertiary/aromatic N) is 2. The maximum Gasteiger partial charge on any atom is 0.279 e. The lowest BCUT2D eigenvalue weighted by molar-refractivity contribution is -0.124. The predicted molar refractivity (Wildman–Crippen MR) is 158 cm³/mol. The zero-order chi connectivity index (χ0) is 27.2. The van der Waals surface area contributed by atoms with E-state index >= 15 is 0 Å². The molecule has 1 aromatic heterocycles. The van der Waals surface area contributed by atoms with Crippen LogP contribution in [0.2, 0.25) is 0 Å². The van der Waals surface area contributed by atoms with Crippen LogP contribution in [0.4, 0.5) is 0 Å². The largest absolute Gasteiger partial charge is 0.353 e. The van der Waals surface area contributed by atoms with Crippen LogP contribution in [-0.4, -0.2) is 22.9 Å². The molecule has 1 atom stereocenters. The number of para-hydroxylation sites is 1. The smallest absolute Gasteiger partial charge is 0.279 e. The highest BCUT2D eigenvalue weighted by atomic mass is 32.1. The van der Waals surface area contributed by atoms with Crippen molar-refractivity contribution in [3.63, 3.8) is 0 Å². The van der Waals surface area contributed by atoms with Crippen LogP contribution in [0.15, 0.2) is 114 Å². The van der Waals surface area contributed by atoms with Gasteiger partial charge in [0.25, 0.3) is 5.91 Å². The number of aryl methyl sites for hydroxylation is 1. The minimum absolute atomic E-state index is 0.0188. The van der Waals surface area contributed by atoms with Crippen molar-refractivity contribution < 1.29 is 9.59 Å². The summed E-state index contributed by atoms with van der Waals surface area (Å²) in [6, 6.07) is 35.2.